The van der Waals surface area contributed by atoms with Gasteiger partial charge in [-0.1, -0.05) is 15.9 Å². The molecule has 132 valence electrons. The van der Waals surface area contributed by atoms with Crippen molar-refractivity contribution in [2.45, 2.75) is 0 Å². The Morgan fingerprint density at radius 1 is 1.12 bits per heavy atom. The summed E-state index contributed by atoms with van der Waals surface area (Å²) in [7, 11) is 1.54. The Labute approximate surface area is 165 Å². The SMILES string of the molecule is COc1c(Br)cc(Br)cc1/C=C/C(=O)Nc1ccc2c(c1)C(=O)NC2=O. The number of hydrogen-bond donors (Lipinski definition) is 2. The molecule has 8 heteroatoms. The summed E-state index contributed by atoms with van der Waals surface area (Å²) in [6.45, 7) is 0. The van der Waals surface area contributed by atoms with E-state index in [4.69, 9.17) is 4.74 Å². The Kier molecular flexibility index (Phi) is 5.24. The van der Waals surface area contributed by atoms with Crippen LogP contribution in [0.2, 0.25) is 0 Å². The molecule has 1 heterocycles. The van der Waals surface area contributed by atoms with Gasteiger partial charge in [0.25, 0.3) is 11.8 Å². The van der Waals surface area contributed by atoms with Gasteiger partial charge in [0.1, 0.15) is 5.75 Å². The van der Waals surface area contributed by atoms with Crippen LogP contribution in [0.1, 0.15) is 26.3 Å². The Balaban J connectivity index is 1.78. The molecule has 0 saturated heterocycles. The zero-order chi connectivity index (χ0) is 18.8. The number of methoxy groups -OCH3 is 1. The van der Waals surface area contributed by atoms with Crippen molar-refractivity contribution in [3.8, 4) is 5.75 Å². The van der Waals surface area contributed by atoms with Gasteiger partial charge in [0.15, 0.2) is 0 Å². The first-order valence-corrected chi connectivity index (χ1v) is 8.99. The highest BCUT2D eigenvalue weighted by atomic mass is 79.9. The fourth-order valence-electron chi connectivity index (χ4n) is 2.51. The Hall–Kier alpha value is -2.45. The second-order valence-electron chi connectivity index (χ2n) is 5.38. The number of amides is 3. The standard InChI is InChI=1S/C18H12Br2N2O4/c1-26-16-9(6-10(19)7-14(16)20)2-5-15(23)21-11-3-4-12-13(8-11)18(25)22-17(12)24/h2-8H,1H3,(H,21,23)(H,22,24,25)/b5-2+. The molecule has 3 rings (SSSR count). The molecule has 2 N–H and O–H groups in total. The van der Waals surface area contributed by atoms with Crippen molar-refractivity contribution in [2.75, 3.05) is 12.4 Å². The lowest BCUT2D eigenvalue weighted by molar-refractivity contribution is -0.111. The van der Waals surface area contributed by atoms with Crippen molar-refractivity contribution < 1.29 is 19.1 Å². The average molecular weight is 480 g/mol. The largest absolute Gasteiger partial charge is 0.495 e. The van der Waals surface area contributed by atoms with Gasteiger partial charge >= 0.3 is 0 Å². The van der Waals surface area contributed by atoms with E-state index in [0.717, 1.165) is 8.95 Å². The highest BCUT2D eigenvalue weighted by Crippen LogP contribution is 2.33. The normalized spacial score (nSPS) is 12.9. The highest BCUT2D eigenvalue weighted by molar-refractivity contribution is 9.11. The summed E-state index contributed by atoms with van der Waals surface area (Å²) in [6.07, 6.45) is 2.97. The molecular weight excluding hydrogens is 468 g/mol. The molecule has 0 spiro atoms. The van der Waals surface area contributed by atoms with Gasteiger partial charge in [0.2, 0.25) is 5.91 Å². The van der Waals surface area contributed by atoms with Gasteiger partial charge in [-0.05, 0) is 52.3 Å². The number of hydrogen-bond acceptors (Lipinski definition) is 4. The predicted octanol–water partition coefficient (Wildman–Crippen LogP) is 3.76. The number of imide groups is 1. The van der Waals surface area contributed by atoms with Crippen molar-refractivity contribution >= 4 is 61.3 Å². The Bertz CT molecular complexity index is 970. The zero-order valence-corrected chi connectivity index (χ0v) is 16.6. The van der Waals surface area contributed by atoms with E-state index in [0.29, 0.717) is 22.6 Å². The monoisotopic (exact) mass is 478 g/mol. The number of carbonyl (C=O) groups is 3. The molecule has 0 bridgehead atoms. The van der Waals surface area contributed by atoms with Crippen molar-refractivity contribution in [3.63, 3.8) is 0 Å². The van der Waals surface area contributed by atoms with Gasteiger partial charge in [-0.25, -0.2) is 0 Å². The fourth-order valence-corrected chi connectivity index (χ4v) is 3.93. The van der Waals surface area contributed by atoms with Gasteiger partial charge in [-0.2, -0.15) is 0 Å². The molecule has 0 saturated carbocycles. The van der Waals surface area contributed by atoms with Crippen LogP contribution in [-0.2, 0) is 4.79 Å². The van der Waals surface area contributed by atoms with Gasteiger partial charge in [-0.3, -0.25) is 19.7 Å². The van der Waals surface area contributed by atoms with E-state index >= 15 is 0 Å². The van der Waals surface area contributed by atoms with Gasteiger partial charge < -0.3 is 10.1 Å². The molecule has 26 heavy (non-hydrogen) atoms. The number of ether oxygens (including phenoxy) is 1. The van der Waals surface area contributed by atoms with E-state index in [1.807, 2.05) is 12.1 Å². The van der Waals surface area contributed by atoms with Crippen molar-refractivity contribution in [2.24, 2.45) is 0 Å². The molecule has 1 aliphatic heterocycles. The van der Waals surface area contributed by atoms with Crippen LogP contribution in [0.25, 0.3) is 6.08 Å². The van der Waals surface area contributed by atoms with Crippen LogP contribution in [0, 0.1) is 0 Å². The molecule has 0 aliphatic carbocycles. The van der Waals surface area contributed by atoms with Crippen molar-refractivity contribution in [3.05, 3.63) is 62.0 Å². The average Bonchev–Trinajstić information content (AvgIpc) is 2.86. The van der Waals surface area contributed by atoms with Gasteiger partial charge in [-0.15, -0.1) is 0 Å². The second-order valence-corrected chi connectivity index (χ2v) is 7.15. The molecule has 2 aromatic rings. The van der Waals surface area contributed by atoms with E-state index in [1.165, 1.54) is 18.2 Å². The molecule has 3 amide bonds. The summed E-state index contributed by atoms with van der Waals surface area (Å²) >= 11 is 6.79. The van der Waals surface area contributed by atoms with Crippen LogP contribution in [0.5, 0.6) is 5.75 Å². The summed E-state index contributed by atoms with van der Waals surface area (Å²) in [4.78, 5) is 35.4. The lowest BCUT2D eigenvalue weighted by Gasteiger charge is -2.08. The summed E-state index contributed by atoms with van der Waals surface area (Å²) in [6, 6.07) is 8.20. The van der Waals surface area contributed by atoms with E-state index < -0.39 is 11.8 Å². The molecule has 0 aromatic heterocycles. The Morgan fingerprint density at radius 2 is 1.85 bits per heavy atom. The quantitative estimate of drug-likeness (QED) is 0.516. The third-order valence-corrected chi connectivity index (χ3v) is 4.71. The number of fused-ring (bicyclic) bond motifs is 1. The number of anilines is 1. The van der Waals surface area contributed by atoms with Crippen LogP contribution in [0.15, 0.2) is 45.4 Å². The number of halogens is 2. The first kappa shape index (κ1) is 18.3. The maximum atomic E-state index is 12.2. The van der Waals surface area contributed by atoms with Crippen molar-refractivity contribution in [1.82, 2.24) is 5.32 Å². The lowest BCUT2D eigenvalue weighted by atomic mass is 10.1. The molecule has 2 aromatic carbocycles. The van der Waals surface area contributed by atoms with Gasteiger partial charge in [0.05, 0.1) is 22.7 Å². The van der Waals surface area contributed by atoms with Crippen LogP contribution in [0.4, 0.5) is 5.69 Å². The maximum absolute atomic E-state index is 12.2. The molecule has 6 nitrogen and oxygen atoms in total. The Morgan fingerprint density at radius 3 is 2.58 bits per heavy atom. The van der Waals surface area contributed by atoms with E-state index in [2.05, 4.69) is 42.5 Å². The molecule has 0 atom stereocenters. The third-order valence-electron chi connectivity index (χ3n) is 3.66. The molecule has 0 fully saturated rings. The van der Waals surface area contributed by atoms with E-state index in [-0.39, 0.29) is 11.5 Å². The van der Waals surface area contributed by atoms with Crippen LogP contribution in [0.3, 0.4) is 0 Å². The molecular formula is C18H12Br2N2O4. The molecule has 0 radical (unpaired) electrons. The third kappa shape index (κ3) is 3.71. The fraction of sp³-hybridized carbons (Fsp3) is 0.0556. The van der Waals surface area contributed by atoms with E-state index in [1.54, 1.807) is 19.3 Å². The minimum atomic E-state index is -0.472. The topological polar surface area (TPSA) is 84.5 Å². The minimum absolute atomic E-state index is 0.245. The maximum Gasteiger partial charge on any atom is 0.259 e. The highest BCUT2D eigenvalue weighted by Gasteiger charge is 2.26. The first-order valence-electron chi connectivity index (χ1n) is 7.41. The lowest BCUT2D eigenvalue weighted by Crippen LogP contribution is -2.19. The molecule has 1 aliphatic rings. The van der Waals surface area contributed by atoms with Crippen molar-refractivity contribution in [1.29, 1.82) is 0 Å². The minimum Gasteiger partial charge on any atom is -0.495 e. The molecule has 0 unspecified atom stereocenters. The summed E-state index contributed by atoms with van der Waals surface area (Å²) < 4.78 is 6.91. The predicted molar refractivity (Wildman–Crippen MR) is 104 cm³/mol. The van der Waals surface area contributed by atoms with Crippen LogP contribution in [-0.4, -0.2) is 24.8 Å². The van der Waals surface area contributed by atoms with Gasteiger partial charge in [0, 0.05) is 21.8 Å². The van der Waals surface area contributed by atoms with Crippen LogP contribution < -0.4 is 15.4 Å². The summed E-state index contributed by atoms with van der Waals surface area (Å²) in [5.41, 5.74) is 1.68. The summed E-state index contributed by atoms with van der Waals surface area (Å²) in [5.74, 6) is -0.687. The second kappa shape index (κ2) is 7.43. The zero-order valence-electron chi connectivity index (χ0n) is 13.4. The first-order chi connectivity index (χ1) is 12.4. The summed E-state index contributed by atoms with van der Waals surface area (Å²) in [5, 5.41) is 4.87. The number of rotatable bonds is 4. The smallest absolute Gasteiger partial charge is 0.259 e. The number of benzene rings is 2. The number of nitrogens with one attached hydrogen (secondary N) is 2. The number of carbonyl (C=O) groups excluding carboxylic acids is 3. The van der Waals surface area contributed by atoms with E-state index in [9.17, 15) is 14.4 Å². The van der Waals surface area contributed by atoms with Crippen LogP contribution >= 0.6 is 31.9 Å².